The number of carbonyl (C=O) groups is 1. The van der Waals surface area contributed by atoms with E-state index in [1.165, 1.54) is 12.1 Å². The van der Waals surface area contributed by atoms with E-state index in [2.05, 4.69) is 15.6 Å². The smallest absolute Gasteiger partial charge is 0.240 e. The van der Waals surface area contributed by atoms with Crippen molar-refractivity contribution < 1.29 is 13.6 Å². The number of nitrogens with one attached hydrogen (secondary N) is 2. The van der Waals surface area contributed by atoms with Crippen LogP contribution in [0.5, 0.6) is 0 Å². The van der Waals surface area contributed by atoms with Crippen LogP contribution in [0.4, 0.5) is 4.39 Å². The predicted octanol–water partition coefficient (Wildman–Crippen LogP) is 2.80. The highest BCUT2D eigenvalue weighted by molar-refractivity contribution is 5.87. The average Bonchev–Trinajstić information content (AvgIpc) is 2.82. The molecule has 0 bridgehead atoms. The van der Waals surface area contributed by atoms with Gasteiger partial charge in [-0.1, -0.05) is 0 Å². The Morgan fingerprint density at radius 3 is 2.65 bits per heavy atom. The first-order valence-electron chi connectivity index (χ1n) is 8.51. The fourth-order valence-electron chi connectivity index (χ4n) is 2.70. The first-order valence-corrected chi connectivity index (χ1v) is 8.51. The minimum atomic E-state index is -0.290. The number of hydrogen-bond acceptors (Lipinski definition) is 3. The lowest BCUT2D eigenvalue weighted by Crippen LogP contribution is -2.48. The summed E-state index contributed by atoms with van der Waals surface area (Å²) in [4.78, 5) is 18.0. The number of furan rings is 1. The van der Waals surface area contributed by atoms with Crippen LogP contribution in [0.2, 0.25) is 0 Å². The number of guanidine groups is 1. The Kier molecular flexibility index (Phi) is 5.90. The average molecular weight is 362 g/mol. The summed E-state index contributed by atoms with van der Waals surface area (Å²) >= 11 is 0. The number of rotatable bonds is 4. The van der Waals surface area contributed by atoms with Gasteiger partial charge in [-0.3, -0.25) is 9.79 Å². The number of amides is 1. The number of likely N-dealkylation sites (N-methyl/N-ethyl adjacent to an activating group) is 1. The molecular weight excluding hydrogens is 335 g/mol. The second-order valence-electron chi connectivity index (χ2n) is 7.35. The van der Waals surface area contributed by atoms with Crippen LogP contribution in [-0.2, 0) is 11.3 Å². The number of fused-ring (bicyclic) bond motifs is 1. The Hall–Kier alpha value is -2.57. The Morgan fingerprint density at radius 2 is 2.04 bits per heavy atom. The van der Waals surface area contributed by atoms with Gasteiger partial charge in [-0.05, 0) is 45.9 Å². The van der Waals surface area contributed by atoms with E-state index in [4.69, 9.17) is 4.42 Å². The summed E-state index contributed by atoms with van der Waals surface area (Å²) < 4.78 is 19.2. The van der Waals surface area contributed by atoms with Crippen LogP contribution in [0.3, 0.4) is 0 Å². The van der Waals surface area contributed by atoms with Gasteiger partial charge in [0.2, 0.25) is 5.91 Å². The Morgan fingerprint density at radius 1 is 1.35 bits per heavy atom. The van der Waals surface area contributed by atoms with Gasteiger partial charge in [-0.2, -0.15) is 0 Å². The maximum Gasteiger partial charge on any atom is 0.240 e. The van der Waals surface area contributed by atoms with Crippen LogP contribution >= 0.6 is 0 Å². The zero-order chi connectivity index (χ0) is 19.5. The molecule has 0 aliphatic carbocycles. The van der Waals surface area contributed by atoms with Crippen molar-refractivity contribution in [2.75, 3.05) is 20.6 Å². The van der Waals surface area contributed by atoms with Crippen LogP contribution in [0.25, 0.3) is 11.0 Å². The molecule has 0 atom stereocenters. The molecule has 1 amide bonds. The van der Waals surface area contributed by atoms with E-state index in [9.17, 15) is 9.18 Å². The summed E-state index contributed by atoms with van der Waals surface area (Å²) in [5.74, 6) is 0.902. The summed E-state index contributed by atoms with van der Waals surface area (Å²) in [6, 6.07) is 4.47. The number of halogens is 1. The van der Waals surface area contributed by atoms with Crippen molar-refractivity contribution in [2.45, 2.75) is 39.8 Å². The molecule has 0 saturated heterocycles. The zero-order valence-corrected chi connectivity index (χ0v) is 16.2. The molecule has 6 nitrogen and oxygen atoms in total. The number of aryl methyl sites for hydroxylation is 1. The van der Waals surface area contributed by atoms with Gasteiger partial charge in [0.25, 0.3) is 0 Å². The number of aliphatic imine (C=N–C) groups is 1. The molecule has 2 rings (SSSR count). The molecule has 1 aromatic carbocycles. The second kappa shape index (κ2) is 7.76. The lowest BCUT2D eigenvalue weighted by Gasteiger charge is -2.25. The predicted molar refractivity (Wildman–Crippen MR) is 102 cm³/mol. The molecular formula is C19H27FN4O2. The van der Waals surface area contributed by atoms with Crippen molar-refractivity contribution in [1.29, 1.82) is 0 Å². The van der Waals surface area contributed by atoms with Gasteiger partial charge < -0.3 is 20.0 Å². The maximum absolute atomic E-state index is 13.4. The highest BCUT2D eigenvalue weighted by atomic mass is 19.1. The number of carbonyl (C=O) groups excluding carboxylic acids is 1. The first-order chi connectivity index (χ1) is 12.1. The molecule has 0 spiro atoms. The molecule has 0 unspecified atom stereocenters. The molecule has 142 valence electrons. The van der Waals surface area contributed by atoms with Crippen LogP contribution in [0.15, 0.2) is 27.6 Å². The quantitative estimate of drug-likeness (QED) is 0.648. The lowest BCUT2D eigenvalue weighted by atomic mass is 10.1. The number of nitrogens with zero attached hydrogens (tertiary/aromatic N) is 2. The normalized spacial score (nSPS) is 12.3. The molecule has 1 aromatic heterocycles. The van der Waals surface area contributed by atoms with E-state index in [0.29, 0.717) is 23.8 Å². The molecule has 0 radical (unpaired) electrons. The highest BCUT2D eigenvalue weighted by Crippen LogP contribution is 2.25. The highest BCUT2D eigenvalue weighted by Gasteiger charge is 2.17. The Bertz CT molecular complexity index is 821. The molecule has 26 heavy (non-hydrogen) atoms. The van der Waals surface area contributed by atoms with Crippen LogP contribution < -0.4 is 10.6 Å². The number of benzene rings is 1. The monoisotopic (exact) mass is 362 g/mol. The molecule has 1 heterocycles. The molecule has 0 fully saturated rings. The maximum atomic E-state index is 13.4. The third kappa shape index (κ3) is 4.97. The van der Waals surface area contributed by atoms with Crippen molar-refractivity contribution in [3.8, 4) is 0 Å². The molecule has 2 aromatic rings. The van der Waals surface area contributed by atoms with E-state index < -0.39 is 0 Å². The standard InChI is InChI=1S/C19H27FN4O2/c1-12-14-9-13(20)7-8-15(14)26-16(12)10-22-18(21-5)24(6)11-17(25)23-19(2,3)4/h7-9H,10-11H2,1-6H3,(H,21,22)(H,23,25). The molecule has 0 aliphatic rings. The summed E-state index contributed by atoms with van der Waals surface area (Å²) in [5.41, 5.74) is 1.25. The van der Waals surface area contributed by atoms with Crippen molar-refractivity contribution in [2.24, 2.45) is 4.99 Å². The van der Waals surface area contributed by atoms with E-state index in [1.807, 2.05) is 27.7 Å². The van der Waals surface area contributed by atoms with E-state index in [1.54, 1.807) is 25.1 Å². The lowest BCUT2D eigenvalue weighted by molar-refractivity contribution is -0.122. The van der Waals surface area contributed by atoms with Gasteiger partial charge in [0.05, 0.1) is 13.1 Å². The first kappa shape index (κ1) is 19.8. The third-order valence-electron chi connectivity index (χ3n) is 3.87. The molecule has 0 aliphatic heterocycles. The van der Waals surface area contributed by atoms with Crippen molar-refractivity contribution >= 4 is 22.8 Å². The SMILES string of the molecule is CN=C(NCc1oc2ccc(F)cc2c1C)N(C)CC(=O)NC(C)(C)C. The number of hydrogen-bond donors (Lipinski definition) is 2. The van der Waals surface area contributed by atoms with Crippen LogP contribution in [0, 0.1) is 12.7 Å². The molecule has 7 heteroatoms. The topological polar surface area (TPSA) is 69.9 Å². The van der Waals surface area contributed by atoms with Crippen LogP contribution in [0.1, 0.15) is 32.1 Å². The fraction of sp³-hybridized carbons (Fsp3) is 0.474. The van der Waals surface area contributed by atoms with Gasteiger partial charge >= 0.3 is 0 Å². The van der Waals surface area contributed by atoms with Gasteiger partial charge in [0, 0.05) is 30.6 Å². The minimum Gasteiger partial charge on any atom is -0.459 e. The van der Waals surface area contributed by atoms with Crippen LogP contribution in [-0.4, -0.2) is 42.9 Å². The summed E-state index contributed by atoms with van der Waals surface area (Å²) in [7, 11) is 3.44. The summed E-state index contributed by atoms with van der Waals surface area (Å²) in [6.07, 6.45) is 0. The minimum absolute atomic E-state index is 0.0849. The molecule has 0 saturated carbocycles. The van der Waals surface area contributed by atoms with E-state index in [0.717, 1.165) is 10.9 Å². The summed E-state index contributed by atoms with van der Waals surface area (Å²) in [6.45, 7) is 8.27. The van der Waals surface area contributed by atoms with Gasteiger partial charge in [-0.15, -0.1) is 0 Å². The molecule has 2 N–H and O–H groups in total. The Balaban J connectivity index is 2.03. The van der Waals surface area contributed by atoms with Crippen molar-refractivity contribution in [3.05, 3.63) is 35.3 Å². The Labute approximate surface area is 153 Å². The summed E-state index contributed by atoms with van der Waals surface area (Å²) in [5, 5.41) is 6.86. The van der Waals surface area contributed by atoms with Crippen molar-refractivity contribution in [1.82, 2.24) is 15.5 Å². The third-order valence-corrected chi connectivity index (χ3v) is 3.87. The zero-order valence-electron chi connectivity index (χ0n) is 16.2. The fourth-order valence-corrected chi connectivity index (χ4v) is 2.70. The van der Waals surface area contributed by atoms with Crippen molar-refractivity contribution in [3.63, 3.8) is 0 Å². The largest absolute Gasteiger partial charge is 0.459 e. The second-order valence-corrected chi connectivity index (χ2v) is 7.35. The van der Waals surface area contributed by atoms with Gasteiger partial charge in [0.15, 0.2) is 5.96 Å². The van der Waals surface area contributed by atoms with E-state index >= 15 is 0 Å². The van der Waals surface area contributed by atoms with Gasteiger partial charge in [-0.25, -0.2) is 4.39 Å². The van der Waals surface area contributed by atoms with Gasteiger partial charge in [0.1, 0.15) is 17.2 Å². The van der Waals surface area contributed by atoms with E-state index in [-0.39, 0.29) is 23.8 Å².